The number of hydrogen-bond acceptors (Lipinski definition) is 3. The molecule has 16 heavy (non-hydrogen) atoms. The molecule has 84 valence electrons. The summed E-state index contributed by atoms with van der Waals surface area (Å²) in [4.78, 5) is 6.51. The summed E-state index contributed by atoms with van der Waals surface area (Å²) in [6, 6.07) is 5.59. The molecule has 1 saturated heterocycles. The molecule has 0 saturated carbocycles. The molecule has 1 aromatic carbocycles. The summed E-state index contributed by atoms with van der Waals surface area (Å²) in [5.41, 5.74) is 1.42. The zero-order chi connectivity index (χ0) is 11.0. The van der Waals surface area contributed by atoms with E-state index in [-0.39, 0.29) is 5.82 Å². The lowest BCUT2D eigenvalue weighted by molar-refractivity contribution is 0.488. The van der Waals surface area contributed by atoms with Crippen LogP contribution in [-0.2, 0) is 0 Å². The summed E-state index contributed by atoms with van der Waals surface area (Å²) in [5, 5.41) is 3.36. The van der Waals surface area contributed by atoms with Crippen LogP contribution in [0, 0.1) is 5.82 Å². The van der Waals surface area contributed by atoms with E-state index in [2.05, 4.69) is 15.2 Å². The molecular formula is C12H14FN3. The normalized spacial score (nSPS) is 23.6. The molecule has 0 aliphatic carbocycles. The maximum absolute atomic E-state index is 13.7. The number of para-hydroxylation sites is 1. The van der Waals surface area contributed by atoms with E-state index < -0.39 is 0 Å². The molecule has 2 heterocycles. The third-order valence-corrected chi connectivity index (χ3v) is 3.22. The molecule has 2 aliphatic rings. The van der Waals surface area contributed by atoms with Crippen molar-refractivity contribution in [3.8, 4) is 0 Å². The van der Waals surface area contributed by atoms with E-state index in [0.29, 0.717) is 11.7 Å². The van der Waals surface area contributed by atoms with Crippen molar-refractivity contribution in [2.24, 2.45) is 4.99 Å². The van der Waals surface area contributed by atoms with Crippen LogP contribution in [0.15, 0.2) is 23.2 Å². The number of benzene rings is 1. The van der Waals surface area contributed by atoms with Gasteiger partial charge in [0, 0.05) is 38.3 Å². The van der Waals surface area contributed by atoms with Gasteiger partial charge in [-0.1, -0.05) is 6.07 Å². The molecule has 1 unspecified atom stereocenters. The first kappa shape index (κ1) is 9.78. The van der Waals surface area contributed by atoms with Crippen molar-refractivity contribution in [2.75, 3.05) is 24.5 Å². The molecule has 0 spiro atoms. The van der Waals surface area contributed by atoms with Crippen LogP contribution >= 0.6 is 0 Å². The Kier molecular flexibility index (Phi) is 2.36. The lowest BCUT2D eigenvalue weighted by Crippen LogP contribution is -2.51. The van der Waals surface area contributed by atoms with Crippen molar-refractivity contribution in [1.29, 1.82) is 0 Å². The molecular weight excluding hydrogens is 205 g/mol. The molecule has 1 fully saturated rings. The quantitative estimate of drug-likeness (QED) is 0.719. The lowest BCUT2D eigenvalue weighted by Gasteiger charge is -2.36. The third-order valence-electron chi connectivity index (χ3n) is 3.22. The van der Waals surface area contributed by atoms with E-state index >= 15 is 0 Å². The summed E-state index contributed by atoms with van der Waals surface area (Å²) < 4.78 is 13.7. The number of nitrogens with one attached hydrogen (secondary N) is 1. The van der Waals surface area contributed by atoms with Crippen molar-refractivity contribution in [2.45, 2.75) is 12.5 Å². The molecule has 0 bridgehead atoms. The Balaban J connectivity index is 2.09. The van der Waals surface area contributed by atoms with Gasteiger partial charge in [0.25, 0.3) is 0 Å². The summed E-state index contributed by atoms with van der Waals surface area (Å²) in [7, 11) is 0. The predicted molar refractivity (Wildman–Crippen MR) is 63.2 cm³/mol. The number of piperazine rings is 1. The SMILES string of the molecule is Fc1cccc2c1N=CCC1CNCCN21. The van der Waals surface area contributed by atoms with Gasteiger partial charge in [-0.2, -0.15) is 0 Å². The second-order valence-corrected chi connectivity index (χ2v) is 4.21. The van der Waals surface area contributed by atoms with Crippen molar-refractivity contribution >= 4 is 17.6 Å². The fourth-order valence-corrected chi connectivity index (χ4v) is 2.42. The van der Waals surface area contributed by atoms with E-state index in [1.54, 1.807) is 6.07 Å². The first-order valence-electron chi connectivity index (χ1n) is 5.64. The van der Waals surface area contributed by atoms with Crippen LogP contribution in [0.25, 0.3) is 0 Å². The minimum absolute atomic E-state index is 0.229. The van der Waals surface area contributed by atoms with Gasteiger partial charge >= 0.3 is 0 Å². The molecule has 1 N–H and O–H groups in total. The Morgan fingerprint density at radius 2 is 2.38 bits per heavy atom. The summed E-state index contributed by atoms with van der Waals surface area (Å²) in [6.45, 7) is 2.82. The average molecular weight is 219 g/mol. The number of halogens is 1. The highest BCUT2D eigenvalue weighted by Gasteiger charge is 2.26. The Hall–Kier alpha value is -1.42. The minimum atomic E-state index is -0.229. The Labute approximate surface area is 94.0 Å². The number of anilines is 1. The Bertz CT molecular complexity index is 430. The highest BCUT2D eigenvalue weighted by molar-refractivity contribution is 5.77. The van der Waals surface area contributed by atoms with Crippen LogP contribution in [0.2, 0.25) is 0 Å². The minimum Gasteiger partial charge on any atom is -0.364 e. The number of rotatable bonds is 0. The predicted octanol–water partition coefficient (Wildman–Crippen LogP) is 1.71. The Morgan fingerprint density at radius 3 is 3.31 bits per heavy atom. The second-order valence-electron chi connectivity index (χ2n) is 4.21. The largest absolute Gasteiger partial charge is 0.364 e. The van der Waals surface area contributed by atoms with E-state index in [0.717, 1.165) is 31.7 Å². The standard InChI is InChI=1S/C12H14FN3/c13-10-2-1-3-11-12(10)15-5-4-9-8-14-6-7-16(9)11/h1-3,5,9,14H,4,6-8H2. The van der Waals surface area contributed by atoms with Crippen molar-refractivity contribution < 1.29 is 4.39 Å². The molecule has 1 atom stereocenters. The van der Waals surface area contributed by atoms with Gasteiger partial charge in [-0.25, -0.2) is 4.39 Å². The fourth-order valence-electron chi connectivity index (χ4n) is 2.42. The van der Waals surface area contributed by atoms with E-state index in [1.165, 1.54) is 6.07 Å². The molecule has 2 aliphatic heterocycles. The zero-order valence-electron chi connectivity index (χ0n) is 8.99. The monoisotopic (exact) mass is 219 g/mol. The van der Waals surface area contributed by atoms with Gasteiger partial charge in [0.1, 0.15) is 5.69 Å². The van der Waals surface area contributed by atoms with Crippen LogP contribution < -0.4 is 10.2 Å². The maximum atomic E-state index is 13.7. The highest BCUT2D eigenvalue weighted by Crippen LogP contribution is 2.35. The first-order valence-corrected chi connectivity index (χ1v) is 5.64. The van der Waals surface area contributed by atoms with Gasteiger partial charge in [0.15, 0.2) is 5.82 Å². The van der Waals surface area contributed by atoms with E-state index in [9.17, 15) is 4.39 Å². The topological polar surface area (TPSA) is 27.6 Å². The van der Waals surface area contributed by atoms with Gasteiger partial charge in [-0.3, -0.25) is 4.99 Å². The number of nitrogens with zero attached hydrogens (tertiary/aromatic N) is 2. The van der Waals surface area contributed by atoms with E-state index in [1.807, 2.05) is 12.3 Å². The molecule has 4 heteroatoms. The van der Waals surface area contributed by atoms with Crippen LogP contribution in [0.1, 0.15) is 6.42 Å². The summed E-state index contributed by atoms with van der Waals surface area (Å²) >= 11 is 0. The smallest absolute Gasteiger partial charge is 0.150 e. The molecule has 0 radical (unpaired) electrons. The zero-order valence-corrected chi connectivity index (χ0v) is 8.99. The van der Waals surface area contributed by atoms with Crippen molar-refractivity contribution in [3.63, 3.8) is 0 Å². The van der Waals surface area contributed by atoms with Crippen LogP contribution in [-0.4, -0.2) is 31.9 Å². The lowest BCUT2D eigenvalue weighted by atomic mass is 10.1. The molecule has 0 amide bonds. The van der Waals surface area contributed by atoms with Gasteiger partial charge in [-0.15, -0.1) is 0 Å². The Morgan fingerprint density at radius 1 is 1.44 bits per heavy atom. The molecule has 3 rings (SSSR count). The van der Waals surface area contributed by atoms with Gasteiger partial charge in [0.05, 0.1) is 5.69 Å². The van der Waals surface area contributed by atoms with E-state index in [4.69, 9.17) is 0 Å². The average Bonchev–Trinajstić information content (AvgIpc) is 2.50. The van der Waals surface area contributed by atoms with Gasteiger partial charge in [-0.05, 0) is 12.1 Å². The number of fused-ring (bicyclic) bond motifs is 3. The highest BCUT2D eigenvalue weighted by atomic mass is 19.1. The van der Waals surface area contributed by atoms with Crippen molar-refractivity contribution in [1.82, 2.24) is 5.32 Å². The van der Waals surface area contributed by atoms with Gasteiger partial charge < -0.3 is 10.2 Å². The number of aliphatic imine (C=N–C) groups is 1. The van der Waals surface area contributed by atoms with Crippen LogP contribution in [0.5, 0.6) is 0 Å². The number of hydrogen-bond donors (Lipinski definition) is 1. The third kappa shape index (κ3) is 1.50. The second kappa shape index (κ2) is 3.87. The summed E-state index contributed by atoms with van der Waals surface area (Å²) in [6.07, 6.45) is 2.71. The van der Waals surface area contributed by atoms with Crippen LogP contribution in [0.3, 0.4) is 0 Å². The molecule has 1 aromatic rings. The fraction of sp³-hybridized carbons (Fsp3) is 0.417. The van der Waals surface area contributed by atoms with Crippen molar-refractivity contribution in [3.05, 3.63) is 24.0 Å². The molecule has 0 aromatic heterocycles. The summed E-state index contributed by atoms with van der Waals surface area (Å²) in [5.74, 6) is -0.229. The van der Waals surface area contributed by atoms with Crippen LogP contribution in [0.4, 0.5) is 15.8 Å². The van der Waals surface area contributed by atoms with Gasteiger partial charge in [0.2, 0.25) is 0 Å². The molecule has 3 nitrogen and oxygen atoms in total. The maximum Gasteiger partial charge on any atom is 0.150 e. The first-order chi connectivity index (χ1) is 7.86.